The number of hydrogen-bond acceptors (Lipinski definition) is 8. The van der Waals surface area contributed by atoms with Crippen molar-refractivity contribution in [2.75, 3.05) is 37.2 Å². The van der Waals surface area contributed by atoms with Gasteiger partial charge >= 0.3 is 11.9 Å². The van der Waals surface area contributed by atoms with Crippen LogP contribution in [0.5, 0.6) is 0 Å². The maximum atomic E-state index is 13.3. The number of carbonyl (C=O) groups excluding carboxylic acids is 2. The fourth-order valence-corrected chi connectivity index (χ4v) is 14.7. The molecule has 0 aromatic rings. The molecule has 6 fully saturated rings. The molecule has 4 saturated carbocycles. The Labute approximate surface area is 171 Å². The SMILES string of the molecule is COC(=O)C12CC3CC(CC(C(=O)OC)(C1)C31SCCS1)C21SCCS1. The molecule has 0 N–H and O–H groups in total. The molecule has 6 rings (SSSR count). The zero-order valence-electron chi connectivity index (χ0n) is 15.1. The first-order valence-electron chi connectivity index (χ1n) is 9.23. The van der Waals surface area contributed by atoms with Crippen LogP contribution < -0.4 is 0 Å². The summed E-state index contributed by atoms with van der Waals surface area (Å²) in [5.41, 5.74) is -1.11. The average molecular weight is 433 g/mol. The van der Waals surface area contributed by atoms with Gasteiger partial charge in [0.2, 0.25) is 0 Å². The summed E-state index contributed by atoms with van der Waals surface area (Å²) in [7, 11) is 3.02. The van der Waals surface area contributed by atoms with Crippen LogP contribution >= 0.6 is 47.0 Å². The van der Waals surface area contributed by atoms with Gasteiger partial charge in [0, 0.05) is 23.0 Å². The van der Waals surface area contributed by atoms with Gasteiger partial charge in [-0.05, 0) is 37.5 Å². The third-order valence-corrected chi connectivity index (χ3v) is 15.5. The van der Waals surface area contributed by atoms with E-state index in [1.54, 1.807) is 0 Å². The van der Waals surface area contributed by atoms with Gasteiger partial charge in [0.15, 0.2) is 0 Å². The molecule has 0 aromatic heterocycles. The topological polar surface area (TPSA) is 52.6 Å². The zero-order valence-corrected chi connectivity index (χ0v) is 18.3. The average Bonchev–Trinajstić information content (AvgIpc) is 3.32. The Balaban J connectivity index is 1.70. The maximum Gasteiger partial charge on any atom is 0.314 e. The Bertz CT molecular complexity index is 604. The van der Waals surface area contributed by atoms with Crippen molar-refractivity contribution in [1.29, 1.82) is 0 Å². The van der Waals surface area contributed by atoms with E-state index in [-0.39, 0.29) is 20.1 Å². The fourth-order valence-electron chi connectivity index (χ4n) is 6.77. The molecule has 2 saturated heterocycles. The van der Waals surface area contributed by atoms with Gasteiger partial charge in [-0.25, -0.2) is 0 Å². The molecule has 4 bridgehead atoms. The van der Waals surface area contributed by atoms with Gasteiger partial charge < -0.3 is 9.47 Å². The third-order valence-electron chi connectivity index (χ3n) is 7.36. The van der Waals surface area contributed by atoms with E-state index in [0.29, 0.717) is 18.3 Å². The van der Waals surface area contributed by atoms with Crippen LogP contribution in [0.15, 0.2) is 0 Å². The van der Waals surface area contributed by atoms with E-state index in [1.807, 2.05) is 47.0 Å². The van der Waals surface area contributed by atoms with Crippen LogP contribution in [0.3, 0.4) is 0 Å². The van der Waals surface area contributed by atoms with Crippen molar-refractivity contribution in [1.82, 2.24) is 0 Å². The third kappa shape index (κ3) is 1.86. The summed E-state index contributed by atoms with van der Waals surface area (Å²) in [6.07, 6.45) is 3.48. The molecule has 8 heteroatoms. The Morgan fingerprint density at radius 3 is 1.50 bits per heavy atom. The number of methoxy groups -OCH3 is 2. The molecule has 4 unspecified atom stereocenters. The normalized spacial score (nSPS) is 43.9. The summed E-state index contributed by atoms with van der Waals surface area (Å²) in [5, 5.41) is 0. The van der Waals surface area contributed by atoms with Crippen LogP contribution in [0.25, 0.3) is 0 Å². The summed E-state index contributed by atoms with van der Waals surface area (Å²) < 4.78 is 10.6. The second-order valence-electron chi connectivity index (χ2n) is 8.09. The van der Waals surface area contributed by atoms with Crippen molar-refractivity contribution >= 4 is 59.0 Å². The summed E-state index contributed by atoms with van der Waals surface area (Å²) in [6.45, 7) is 0. The standard InChI is InChI=1S/C18H24O4S4/c1-21-13(19)15-8-11-7-12(17(15)23-3-4-24-17)9-16(10-15,14(20)22-2)18(11)25-5-6-26-18/h11-12H,3-10H2,1-2H3. The van der Waals surface area contributed by atoms with Crippen molar-refractivity contribution in [2.24, 2.45) is 22.7 Å². The Morgan fingerprint density at radius 1 is 0.769 bits per heavy atom. The Morgan fingerprint density at radius 2 is 1.15 bits per heavy atom. The lowest BCUT2D eigenvalue weighted by atomic mass is 9.43. The highest BCUT2D eigenvalue weighted by Crippen LogP contribution is 2.83. The van der Waals surface area contributed by atoms with E-state index in [0.717, 1.165) is 42.3 Å². The van der Waals surface area contributed by atoms with E-state index in [2.05, 4.69) is 0 Å². The van der Waals surface area contributed by atoms with Gasteiger partial charge in [-0.3, -0.25) is 9.59 Å². The largest absolute Gasteiger partial charge is 0.469 e. The van der Waals surface area contributed by atoms with E-state index >= 15 is 0 Å². The minimum absolute atomic E-state index is 0.0927. The quantitative estimate of drug-likeness (QED) is 0.615. The smallest absolute Gasteiger partial charge is 0.314 e. The molecule has 144 valence electrons. The Hall–Kier alpha value is 0.340. The summed E-state index contributed by atoms with van der Waals surface area (Å²) >= 11 is 7.87. The van der Waals surface area contributed by atoms with Crippen molar-refractivity contribution < 1.29 is 19.1 Å². The van der Waals surface area contributed by atoms with Gasteiger partial charge in [0.05, 0.1) is 33.2 Å². The predicted molar refractivity (Wildman–Crippen MR) is 110 cm³/mol. The van der Waals surface area contributed by atoms with Crippen molar-refractivity contribution in [2.45, 2.75) is 33.8 Å². The molecule has 2 spiro atoms. The van der Waals surface area contributed by atoms with Gasteiger partial charge in [-0.15, -0.1) is 47.0 Å². The van der Waals surface area contributed by atoms with Crippen molar-refractivity contribution in [3.63, 3.8) is 0 Å². The molecule has 4 atom stereocenters. The first kappa shape index (κ1) is 18.4. The van der Waals surface area contributed by atoms with Crippen LogP contribution in [-0.2, 0) is 19.1 Å². The van der Waals surface area contributed by atoms with Crippen LogP contribution in [0.2, 0.25) is 0 Å². The van der Waals surface area contributed by atoms with Crippen LogP contribution in [0.4, 0.5) is 0 Å². The number of rotatable bonds is 2. The molecule has 0 amide bonds. The first-order valence-corrected chi connectivity index (χ1v) is 13.2. The summed E-state index contributed by atoms with van der Waals surface area (Å²) in [4.78, 5) is 26.5. The molecule has 0 radical (unpaired) electrons. The summed E-state index contributed by atoms with van der Waals surface area (Å²) in [5.74, 6) is 4.94. The van der Waals surface area contributed by atoms with E-state index in [4.69, 9.17) is 9.47 Å². The van der Waals surface area contributed by atoms with Crippen LogP contribution in [0.1, 0.15) is 25.7 Å². The van der Waals surface area contributed by atoms with Gasteiger partial charge in [0.25, 0.3) is 0 Å². The molecule has 2 heterocycles. The lowest BCUT2D eigenvalue weighted by molar-refractivity contribution is -0.192. The van der Waals surface area contributed by atoms with E-state index in [1.165, 1.54) is 14.2 Å². The van der Waals surface area contributed by atoms with E-state index < -0.39 is 10.8 Å². The number of esters is 2. The highest BCUT2D eigenvalue weighted by molar-refractivity contribution is 8.22. The molecule has 4 aliphatic carbocycles. The minimum atomic E-state index is -0.553. The number of thioether (sulfide) groups is 4. The molecule has 6 aliphatic rings. The highest BCUT2D eigenvalue weighted by Gasteiger charge is 2.82. The lowest BCUT2D eigenvalue weighted by Crippen LogP contribution is -2.75. The van der Waals surface area contributed by atoms with Crippen LogP contribution in [0, 0.1) is 22.7 Å². The number of carbonyl (C=O) groups is 2. The van der Waals surface area contributed by atoms with Gasteiger partial charge in [0.1, 0.15) is 0 Å². The molecular formula is C18H24O4S4. The van der Waals surface area contributed by atoms with Crippen molar-refractivity contribution in [3.8, 4) is 0 Å². The summed E-state index contributed by atoms with van der Waals surface area (Å²) in [6, 6.07) is 0. The van der Waals surface area contributed by atoms with E-state index in [9.17, 15) is 9.59 Å². The predicted octanol–water partition coefficient (Wildman–Crippen LogP) is 3.49. The number of ether oxygens (including phenoxy) is 2. The monoisotopic (exact) mass is 432 g/mol. The second-order valence-corrected chi connectivity index (χ2v) is 14.0. The zero-order chi connectivity index (χ0) is 18.2. The maximum absolute atomic E-state index is 13.3. The van der Waals surface area contributed by atoms with Crippen molar-refractivity contribution in [3.05, 3.63) is 0 Å². The molecule has 4 nitrogen and oxygen atoms in total. The molecule has 2 aliphatic heterocycles. The fraction of sp³-hybridized carbons (Fsp3) is 0.889. The minimum Gasteiger partial charge on any atom is -0.469 e. The first-order chi connectivity index (χ1) is 12.5. The highest BCUT2D eigenvalue weighted by atomic mass is 32.2. The molecular weight excluding hydrogens is 408 g/mol. The second kappa shape index (κ2) is 5.92. The molecule has 26 heavy (non-hydrogen) atoms. The van der Waals surface area contributed by atoms with Crippen LogP contribution in [-0.4, -0.2) is 57.3 Å². The molecule has 0 aromatic carbocycles. The lowest BCUT2D eigenvalue weighted by Gasteiger charge is -2.72. The Kier molecular flexibility index (Phi) is 4.19. The van der Waals surface area contributed by atoms with Gasteiger partial charge in [-0.1, -0.05) is 0 Å². The van der Waals surface area contributed by atoms with Gasteiger partial charge in [-0.2, -0.15) is 0 Å². The number of hydrogen-bond donors (Lipinski definition) is 0.